The highest BCUT2D eigenvalue weighted by molar-refractivity contribution is 6.20. The van der Waals surface area contributed by atoms with Crippen molar-refractivity contribution in [2.24, 2.45) is 0 Å². The first kappa shape index (κ1) is 10.4. The van der Waals surface area contributed by atoms with Crippen LogP contribution in [-0.2, 0) is 0 Å². The molecule has 0 radical (unpaired) electrons. The summed E-state index contributed by atoms with van der Waals surface area (Å²) >= 11 is 6.04. The zero-order valence-corrected chi connectivity index (χ0v) is 9.01. The van der Waals surface area contributed by atoms with E-state index >= 15 is 0 Å². The van der Waals surface area contributed by atoms with Crippen LogP contribution in [0.15, 0.2) is 24.3 Å². The number of hydrogen-bond donors (Lipinski definition) is 0. The molecule has 2 unspecified atom stereocenters. The third-order valence-corrected chi connectivity index (χ3v) is 2.70. The van der Waals surface area contributed by atoms with Gasteiger partial charge in [0.05, 0.1) is 7.11 Å². The van der Waals surface area contributed by atoms with Crippen LogP contribution in [0.4, 0.5) is 0 Å². The van der Waals surface area contributed by atoms with Gasteiger partial charge in [0.25, 0.3) is 0 Å². The lowest BCUT2D eigenvalue weighted by atomic mass is 9.97. The van der Waals surface area contributed by atoms with Crippen molar-refractivity contribution in [3.63, 3.8) is 0 Å². The average molecular weight is 199 g/mol. The zero-order chi connectivity index (χ0) is 9.84. The molecule has 0 spiro atoms. The summed E-state index contributed by atoms with van der Waals surface area (Å²) in [4.78, 5) is 0. The Morgan fingerprint density at radius 3 is 2.38 bits per heavy atom. The fraction of sp³-hybridized carbons (Fsp3) is 0.455. The van der Waals surface area contributed by atoms with E-state index in [0.717, 1.165) is 5.75 Å². The fourth-order valence-corrected chi connectivity index (χ4v) is 1.43. The van der Waals surface area contributed by atoms with Crippen LogP contribution in [0.3, 0.4) is 0 Å². The van der Waals surface area contributed by atoms with Crippen molar-refractivity contribution in [1.29, 1.82) is 0 Å². The van der Waals surface area contributed by atoms with Gasteiger partial charge in [-0.3, -0.25) is 0 Å². The lowest BCUT2D eigenvalue weighted by Gasteiger charge is -2.17. The molecule has 1 aromatic carbocycles. The zero-order valence-electron chi connectivity index (χ0n) is 8.25. The van der Waals surface area contributed by atoms with E-state index in [1.807, 2.05) is 25.1 Å². The molecule has 0 aromatic heterocycles. The first-order valence-electron chi connectivity index (χ1n) is 4.43. The van der Waals surface area contributed by atoms with Gasteiger partial charge in [-0.25, -0.2) is 0 Å². The quantitative estimate of drug-likeness (QED) is 0.677. The Morgan fingerprint density at radius 2 is 1.85 bits per heavy atom. The summed E-state index contributed by atoms with van der Waals surface area (Å²) in [7, 11) is 1.68. The second kappa shape index (κ2) is 4.52. The Balaban J connectivity index is 2.98. The van der Waals surface area contributed by atoms with Crippen LogP contribution in [0, 0.1) is 0 Å². The van der Waals surface area contributed by atoms with Crippen molar-refractivity contribution in [2.75, 3.05) is 7.11 Å². The Morgan fingerprint density at radius 1 is 1.23 bits per heavy atom. The van der Waals surface area contributed by atoms with Crippen molar-refractivity contribution in [2.45, 2.75) is 25.1 Å². The number of alkyl halides is 1. The predicted molar refractivity (Wildman–Crippen MR) is 56.7 cm³/mol. The molecule has 0 saturated carbocycles. The standard InChI is InChI=1S/C11H15ClO/c1-8(9(2)12)10-6-4-5-7-11(10)13-3/h4-9H,1-3H3. The minimum absolute atomic E-state index is 0.122. The van der Waals surface area contributed by atoms with Crippen molar-refractivity contribution in [1.82, 2.24) is 0 Å². The van der Waals surface area contributed by atoms with Gasteiger partial charge in [0.15, 0.2) is 0 Å². The lowest BCUT2D eigenvalue weighted by molar-refractivity contribution is 0.406. The van der Waals surface area contributed by atoms with E-state index in [1.54, 1.807) is 7.11 Å². The van der Waals surface area contributed by atoms with E-state index in [1.165, 1.54) is 5.56 Å². The van der Waals surface area contributed by atoms with Crippen molar-refractivity contribution in [3.8, 4) is 5.75 Å². The van der Waals surface area contributed by atoms with Crippen molar-refractivity contribution >= 4 is 11.6 Å². The van der Waals surface area contributed by atoms with Gasteiger partial charge in [-0.2, -0.15) is 0 Å². The first-order valence-corrected chi connectivity index (χ1v) is 4.87. The number of para-hydroxylation sites is 1. The van der Waals surface area contributed by atoms with Crippen LogP contribution in [0.2, 0.25) is 0 Å². The van der Waals surface area contributed by atoms with Gasteiger partial charge in [-0.05, 0) is 18.6 Å². The third kappa shape index (κ3) is 2.38. The van der Waals surface area contributed by atoms with Gasteiger partial charge in [-0.15, -0.1) is 11.6 Å². The number of benzene rings is 1. The summed E-state index contributed by atoms with van der Waals surface area (Å²) in [6.07, 6.45) is 0. The highest BCUT2D eigenvalue weighted by Gasteiger charge is 2.15. The molecule has 0 N–H and O–H groups in total. The molecule has 0 aliphatic carbocycles. The number of hydrogen-bond acceptors (Lipinski definition) is 1. The summed E-state index contributed by atoms with van der Waals surface area (Å²) in [5.41, 5.74) is 1.17. The smallest absolute Gasteiger partial charge is 0.122 e. The Hall–Kier alpha value is -0.690. The largest absolute Gasteiger partial charge is 0.496 e. The molecule has 13 heavy (non-hydrogen) atoms. The number of halogens is 1. The highest BCUT2D eigenvalue weighted by atomic mass is 35.5. The van der Waals surface area contributed by atoms with Crippen LogP contribution in [-0.4, -0.2) is 12.5 Å². The van der Waals surface area contributed by atoms with Gasteiger partial charge in [-0.1, -0.05) is 25.1 Å². The molecule has 0 fully saturated rings. The SMILES string of the molecule is COc1ccccc1C(C)C(C)Cl. The second-order valence-corrected chi connectivity index (χ2v) is 3.90. The minimum atomic E-state index is 0.122. The molecule has 1 nitrogen and oxygen atoms in total. The third-order valence-electron chi connectivity index (χ3n) is 2.32. The van der Waals surface area contributed by atoms with E-state index in [9.17, 15) is 0 Å². The van der Waals surface area contributed by atoms with Gasteiger partial charge in [0.2, 0.25) is 0 Å². The van der Waals surface area contributed by atoms with Crippen LogP contribution >= 0.6 is 11.6 Å². The molecule has 0 bridgehead atoms. The summed E-state index contributed by atoms with van der Waals surface area (Å²) in [5, 5.41) is 0.122. The normalized spacial score (nSPS) is 15.1. The van der Waals surface area contributed by atoms with E-state index in [0.29, 0.717) is 5.92 Å². The number of methoxy groups -OCH3 is 1. The molecule has 0 amide bonds. The maximum Gasteiger partial charge on any atom is 0.122 e. The molecular formula is C11H15ClO. The van der Waals surface area contributed by atoms with E-state index < -0.39 is 0 Å². The average Bonchev–Trinajstić information content (AvgIpc) is 2.16. The van der Waals surface area contributed by atoms with Crippen LogP contribution < -0.4 is 4.74 Å². The molecule has 0 saturated heterocycles. The van der Waals surface area contributed by atoms with Crippen molar-refractivity contribution < 1.29 is 4.74 Å². The second-order valence-electron chi connectivity index (χ2n) is 3.21. The molecule has 0 aliphatic heterocycles. The lowest BCUT2D eigenvalue weighted by Crippen LogP contribution is -2.06. The molecule has 0 heterocycles. The van der Waals surface area contributed by atoms with Crippen molar-refractivity contribution in [3.05, 3.63) is 29.8 Å². The maximum absolute atomic E-state index is 6.04. The summed E-state index contributed by atoms with van der Waals surface area (Å²) in [6, 6.07) is 8.00. The highest BCUT2D eigenvalue weighted by Crippen LogP contribution is 2.30. The van der Waals surface area contributed by atoms with Crippen LogP contribution in [0.25, 0.3) is 0 Å². The molecule has 2 heteroatoms. The Labute approximate surface area is 84.7 Å². The van der Waals surface area contributed by atoms with Crippen LogP contribution in [0.5, 0.6) is 5.75 Å². The minimum Gasteiger partial charge on any atom is -0.496 e. The van der Waals surface area contributed by atoms with Gasteiger partial charge in [0.1, 0.15) is 5.75 Å². The number of ether oxygens (including phenoxy) is 1. The van der Waals surface area contributed by atoms with Crippen LogP contribution in [0.1, 0.15) is 25.3 Å². The van der Waals surface area contributed by atoms with E-state index in [-0.39, 0.29) is 5.38 Å². The van der Waals surface area contributed by atoms with Gasteiger partial charge < -0.3 is 4.74 Å². The molecule has 1 aromatic rings. The fourth-order valence-electron chi connectivity index (χ4n) is 1.29. The molecule has 72 valence electrons. The maximum atomic E-state index is 6.04. The van der Waals surface area contributed by atoms with E-state index in [4.69, 9.17) is 16.3 Å². The Kier molecular flexibility index (Phi) is 3.61. The molecular weight excluding hydrogens is 184 g/mol. The monoisotopic (exact) mass is 198 g/mol. The van der Waals surface area contributed by atoms with E-state index in [2.05, 4.69) is 13.0 Å². The summed E-state index contributed by atoms with van der Waals surface area (Å²) in [6.45, 7) is 4.11. The van der Waals surface area contributed by atoms with Gasteiger partial charge >= 0.3 is 0 Å². The molecule has 0 aliphatic rings. The predicted octanol–water partition coefficient (Wildman–Crippen LogP) is 3.43. The summed E-state index contributed by atoms with van der Waals surface area (Å²) < 4.78 is 5.26. The Bertz CT molecular complexity index is 271. The number of rotatable bonds is 3. The summed E-state index contributed by atoms with van der Waals surface area (Å²) in [5.74, 6) is 1.24. The molecule has 1 rings (SSSR count). The first-order chi connectivity index (χ1) is 6.16. The molecule has 2 atom stereocenters. The topological polar surface area (TPSA) is 9.23 Å². The van der Waals surface area contributed by atoms with Gasteiger partial charge in [0, 0.05) is 11.3 Å².